The van der Waals surface area contributed by atoms with Crippen molar-refractivity contribution in [1.82, 2.24) is 10.7 Å². The zero-order chi connectivity index (χ0) is 15.8. The molecule has 0 saturated carbocycles. The molecule has 0 fully saturated rings. The number of benzene rings is 2. The smallest absolute Gasteiger partial charge is 0.329 e. The van der Waals surface area contributed by atoms with Crippen LogP contribution in [0.5, 0.6) is 0 Å². The summed E-state index contributed by atoms with van der Waals surface area (Å²) in [7, 11) is 0. The Morgan fingerprint density at radius 3 is 2.36 bits per heavy atom. The van der Waals surface area contributed by atoms with Crippen LogP contribution in [0.25, 0.3) is 0 Å². The molecule has 2 rings (SSSR count). The molecule has 0 spiro atoms. The predicted octanol–water partition coefficient (Wildman–Crippen LogP) is 2.11. The van der Waals surface area contributed by atoms with E-state index in [2.05, 4.69) is 15.8 Å². The van der Waals surface area contributed by atoms with Crippen molar-refractivity contribution in [3.63, 3.8) is 0 Å². The predicted molar refractivity (Wildman–Crippen MR) is 85.5 cm³/mol. The highest BCUT2D eigenvalue weighted by molar-refractivity contribution is 6.35. The highest BCUT2D eigenvalue weighted by Crippen LogP contribution is 2.08. The number of hydrogen-bond acceptors (Lipinski definition) is 3. The summed E-state index contributed by atoms with van der Waals surface area (Å²) < 4.78 is 0. The maximum Gasteiger partial charge on any atom is 0.329 e. The lowest BCUT2D eigenvalue weighted by molar-refractivity contribution is -0.139. The van der Waals surface area contributed by atoms with Gasteiger partial charge in [-0.1, -0.05) is 54.1 Å². The molecular weight excluding hydrogens is 302 g/mol. The highest BCUT2D eigenvalue weighted by atomic mass is 35.5. The molecule has 0 bridgehead atoms. The van der Waals surface area contributed by atoms with Crippen LogP contribution in [0, 0.1) is 0 Å². The van der Waals surface area contributed by atoms with Crippen molar-refractivity contribution in [2.24, 2.45) is 5.10 Å². The standard InChI is InChI=1S/C16H14ClN3O2/c17-14-8-6-13(7-9-14)10-18-15(21)16(22)20-19-11-12-4-2-1-3-5-12/h1-9,11H,10H2,(H,18,21)(H,20,22)/b19-11-. The third-order valence-corrected chi connectivity index (χ3v) is 3.00. The molecule has 0 aliphatic carbocycles. The Hall–Kier alpha value is -2.66. The average Bonchev–Trinajstić information content (AvgIpc) is 2.55. The minimum absolute atomic E-state index is 0.242. The Labute approximate surface area is 133 Å². The first kappa shape index (κ1) is 15.7. The van der Waals surface area contributed by atoms with Crippen LogP contribution in [0.3, 0.4) is 0 Å². The summed E-state index contributed by atoms with van der Waals surface area (Å²) in [5, 5.41) is 6.84. The topological polar surface area (TPSA) is 70.6 Å². The molecule has 0 radical (unpaired) electrons. The van der Waals surface area contributed by atoms with Crippen molar-refractivity contribution < 1.29 is 9.59 Å². The second kappa shape index (κ2) is 7.95. The van der Waals surface area contributed by atoms with E-state index in [1.165, 1.54) is 6.21 Å². The molecular formula is C16H14ClN3O2. The van der Waals surface area contributed by atoms with E-state index < -0.39 is 11.8 Å². The third-order valence-electron chi connectivity index (χ3n) is 2.75. The van der Waals surface area contributed by atoms with Gasteiger partial charge in [0.25, 0.3) is 0 Å². The maximum atomic E-state index is 11.6. The molecule has 0 atom stereocenters. The van der Waals surface area contributed by atoms with Crippen LogP contribution in [-0.2, 0) is 16.1 Å². The van der Waals surface area contributed by atoms with E-state index in [4.69, 9.17) is 11.6 Å². The Kier molecular flexibility index (Phi) is 5.68. The zero-order valence-corrected chi connectivity index (χ0v) is 12.4. The van der Waals surface area contributed by atoms with Gasteiger partial charge in [-0.25, -0.2) is 5.43 Å². The van der Waals surface area contributed by atoms with Crippen LogP contribution in [0.1, 0.15) is 11.1 Å². The number of nitrogens with zero attached hydrogens (tertiary/aromatic N) is 1. The molecule has 2 amide bonds. The Morgan fingerprint density at radius 1 is 1.00 bits per heavy atom. The second-order valence-electron chi connectivity index (χ2n) is 4.42. The van der Waals surface area contributed by atoms with Gasteiger partial charge < -0.3 is 5.32 Å². The van der Waals surface area contributed by atoms with Gasteiger partial charge in [-0.15, -0.1) is 0 Å². The molecule has 112 valence electrons. The lowest BCUT2D eigenvalue weighted by Crippen LogP contribution is -2.37. The third kappa shape index (κ3) is 5.03. The SMILES string of the molecule is O=C(NCc1ccc(Cl)cc1)C(=O)N/N=C\c1ccccc1. The van der Waals surface area contributed by atoms with Crippen LogP contribution < -0.4 is 10.7 Å². The summed E-state index contributed by atoms with van der Waals surface area (Å²) in [5.74, 6) is -1.57. The number of halogens is 1. The van der Waals surface area contributed by atoms with Crippen molar-refractivity contribution >= 4 is 29.6 Å². The molecule has 0 aliphatic rings. The molecule has 2 aromatic carbocycles. The zero-order valence-electron chi connectivity index (χ0n) is 11.6. The maximum absolute atomic E-state index is 11.6. The fourth-order valence-electron chi connectivity index (χ4n) is 1.62. The van der Waals surface area contributed by atoms with Crippen LogP contribution >= 0.6 is 11.6 Å². The second-order valence-corrected chi connectivity index (χ2v) is 4.86. The van der Waals surface area contributed by atoms with Crippen LogP contribution in [0.4, 0.5) is 0 Å². The first-order valence-electron chi connectivity index (χ1n) is 6.56. The van der Waals surface area contributed by atoms with Gasteiger partial charge in [-0.2, -0.15) is 5.10 Å². The average molecular weight is 316 g/mol. The van der Waals surface area contributed by atoms with Crippen molar-refractivity contribution in [1.29, 1.82) is 0 Å². The number of hydrazone groups is 1. The molecule has 0 unspecified atom stereocenters. The van der Waals surface area contributed by atoms with Gasteiger partial charge in [-0.3, -0.25) is 9.59 Å². The first-order chi connectivity index (χ1) is 10.6. The summed E-state index contributed by atoms with van der Waals surface area (Å²) in [5.41, 5.74) is 3.84. The van der Waals surface area contributed by atoms with Crippen molar-refractivity contribution in [2.75, 3.05) is 0 Å². The summed E-state index contributed by atoms with van der Waals surface area (Å²) in [4.78, 5) is 23.2. The van der Waals surface area contributed by atoms with Gasteiger partial charge in [0, 0.05) is 11.6 Å². The van der Waals surface area contributed by atoms with Crippen molar-refractivity contribution in [3.05, 3.63) is 70.7 Å². The Morgan fingerprint density at radius 2 is 1.68 bits per heavy atom. The molecule has 6 heteroatoms. The van der Waals surface area contributed by atoms with Crippen molar-refractivity contribution in [3.8, 4) is 0 Å². The molecule has 2 aromatic rings. The van der Waals surface area contributed by atoms with Gasteiger partial charge in [0.15, 0.2) is 0 Å². The Balaban J connectivity index is 1.78. The molecule has 2 N–H and O–H groups in total. The molecule has 22 heavy (non-hydrogen) atoms. The summed E-state index contributed by atoms with van der Waals surface area (Å²) >= 11 is 5.77. The minimum Gasteiger partial charge on any atom is -0.344 e. The van der Waals surface area contributed by atoms with E-state index in [1.807, 2.05) is 30.3 Å². The highest BCUT2D eigenvalue weighted by Gasteiger charge is 2.11. The lowest BCUT2D eigenvalue weighted by Gasteiger charge is -2.04. The van der Waals surface area contributed by atoms with Crippen LogP contribution in [-0.4, -0.2) is 18.0 Å². The number of amides is 2. The van der Waals surface area contributed by atoms with Gasteiger partial charge in [0.2, 0.25) is 0 Å². The van der Waals surface area contributed by atoms with E-state index >= 15 is 0 Å². The monoisotopic (exact) mass is 315 g/mol. The van der Waals surface area contributed by atoms with E-state index in [9.17, 15) is 9.59 Å². The van der Waals surface area contributed by atoms with Gasteiger partial charge in [-0.05, 0) is 23.3 Å². The summed E-state index contributed by atoms with van der Waals surface area (Å²) in [6, 6.07) is 16.2. The van der Waals surface area contributed by atoms with Crippen molar-refractivity contribution in [2.45, 2.75) is 6.54 Å². The number of carbonyl (C=O) groups excluding carboxylic acids is 2. The van der Waals surface area contributed by atoms with Gasteiger partial charge >= 0.3 is 11.8 Å². The minimum atomic E-state index is -0.818. The van der Waals surface area contributed by atoms with Gasteiger partial charge in [0.1, 0.15) is 0 Å². The fourth-order valence-corrected chi connectivity index (χ4v) is 1.75. The molecule has 0 heterocycles. The van der Waals surface area contributed by atoms with E-state index in [-0.39, 0.29) is 6.54 Å². The lowest BCUT2D eigenvalue weighted by atomic mass is 10.2. The van der Waals surface area contributed by atoms with E-state index in [0.29, 0.717) is 5.02 Å². The van der Waals surface area contributed by atoms with E-state index in [0.717, 1.165) is 11.1 Å². The van der Waals surface area contributed by atoms with Crippen LogP contribution in [0.15, 0.2) is 59.7 Å². The molecule has 5 nitrogen and oxygen atoms in total. The van der Waals surface area contributed by atoms with Gasteiger partial charge in [0.05, 0.1) is 6.21 Å². The molecule has 0 aliphatic heterocycles. The molecule has 0 aromatic heterocycles. The number of rotatable bonds is 4. The molecule has 0 saturated heterocycles. The quantitative estimate of drug-likeness (QED) is 0.515. The fraction of sp³-hybridized carbons (Fsp3) is 0.0625. The summed E-state index contributed by atoms with van der Waals surface area (Å²) in [6.07, 6.45) is 1.46. The number of nitrogens with one attached hydrogen (secondary N) is 2. The summed E-state index contributed by atoms with van der Waals surface area (Å²) in [6.45, 7) is 0.242. The normalized spacial score (nSPS) is 10.4. The van der Waals surface area contributed by atoms with Crippen LogP contribution in [0.2, 0.25) is 5.02 Å². The number of hydrogen-bond donors (Lipinski definition) is 2. The number of carbonyl (C=O) groups is 2. The largest absolute Gasteiger partial charge is 0.344 e. The Bertz CT molecular complexity index is 670. The van der Waals surface area contributed by atoms with E-state index in [1.54, 1.807) is 24.3 Å². The first-order valence-corrected chi connectivity index (χ1v) is 6.93.